The third-order valence-corrected chi connectivity index (χ3v) is 3.94. The molecule has 1 aromatic carbocycles. The maximum Gasteiger partial charge on any atom is 0.178 e. The fourth-order valence-electron chi connectivity index (χ4n) is 1.15. The smallest absolute Gasteiger partial charge is 0.178 e. The van der Waals surface area contributed by atoms with E-state index in [2.05, 4.69) is 10.2 Å². The predicted octanol–water partition coefficient (Wildman–Crippen LogP) is 2.63. The van der Waals surface area contributed by atoms with Crippen LogP contribution in [0.3, 0.4) is 0 Å². The summed E-state index contributed by atoms with van der Waals surface area (Å²) in [5.74, 6) is -0.0439. The normalized spacial score (nSPS) is 10.3. The van der Waals surface area contributed by atoms with E-state index in [4.69, 9.17) is 22.7 Å². The molecule has 0 radical (unpaired) electrons. The minimum absolute atomic E-state index is 0.0439. The monoisotopic (exact) mass is 270 g/mol. The van der Waals surface area contributed by atoms with E-state index in [1.807, 2.05) is 12.1 Å². The van der Waals surface area contributed by atoms with Crippen LogP contribution in [0.2, 0.25) is 5.02 Å². The second kappa shape index (κ2) is 4.82. The summed E-state index contributed by atoms with van der Waals surface area (Å²) >= 11 is 8.83. The fourth-order valence-corrected chi connectivity index (χ4v) is 3.10. The van der Waals surface area contributed by atoms with Crippen LogP contribution < -0.4 is 5.73 Å². The highest BCUT2D eigenvalue weighted by atomic mass is 35.5. The SMILES string of the molecule is N=C(N)c1c(Cl)cccc1Sc1nncs1. The molecule has 7 heteroatoms. The molecular formula is C9H7ClN4S2. The van der Waals surface area contributed by atoms with Crippen LogP contribution in [0.25, 0.3) is 0 Å². The Morgan fingerprint density at radius 3 is 2.94 bits per heavy atom. The molecule has 2 rings (SSSR count). The van der Waals surface area contributed by atoms with E-state index in [0.29, 0.717) is 10.6 Å². The van der Waals surface area contributed by atoms with E-state index < -0.39 is 0 Å². The summed E-state index contributed by atoms with van der Waals surface area (Å²) in [5, 5.41) is 15.6. The standard InChI is InChI=1S/C9H7ClN4S2/c10-5-2-1-3-6(7(5)8(11)12)16-9-14-13-4-15-9/h1-4H,(H3,11,12). The first-order chi connectivity index (χ1) is 7.68. The van der Waals surface area contributed by atoms with Crippen molar-refractivity contribution in [3.8, 4) is 0 Å². The Morgan fingerprint density at radius 1 is 1.50 bits per heavy atom. The van der Waals surface area contributed by atoms with E-state index in [-0.39, 0.29) is 5.84 Å². The fraction of sp³-hybridized carbons (Fsp3) is 0. The first kappa shape index (κ1) is 11.4. The van der Waals surface area contributed by atoms with Gasteiger partial charge in [-0.25, -0.2) is 0 Å². The number of nitrogens with two attached hydrogens (primary N) is 1. The predicted molar refractivity (Wildman–Crippen MR) is 66.5 cm³/mol. The lowest BCUT2D eigenvalue weighted by Gasteiger charge is -2.07. The Kier molecular flexibility index (Phi) is 3.42. The molecular weight excluding hydrogens is 264 g/mol. The average molecular weight is 271 g/mol. The first-order valence-electron chi connectivity index (χ1n) is 4.25. The van der Waals surface area contributed by atoms with E-state index in [1.165, 1.54) is 23.1 Å². The highest BCUT2D eigenvalue weighted by Gasteiger charge is 2.12. The third-order valence-electron chi connectivity index (χ3n) is 1.78. The van der Waals surface area contributed by atoms with Crippen molar-refractivity contribution in [1.29, 1.82) is 5.41 Å². The molecule has 0 amide bonds. The molecule has 0 aliphatic heterocycles. The Balaban J connectivity index is 2.40. The van der Waals surface area contributed by atoms with Crippen molar-refractivity contribution < 1.29 is 0 Å². The number of benzene rings is 1. The number of nitrogens with zero attached hydrogens (tertiary/aromatic N) is 2. The van der Waals surface area contributed by atoms with Crippen molar-refractivity contribution in [3.05, 3.63) is 34.3 Å². The highest BCUT2D eigenvalue weighted by Crippen LogP contribution is 2.33. The van der Waals surface area contributed by atoms with Crippen molar-refractivity contribution >= 4 is 40.5 Å². The van der Waals surface area contributed by atoms with Crippen LogP contribution in [0.1, 0.15) is 5.56 Å². The minimum Gasteiger partial charge on any atom is -0.384 e. The van der Waals surface area contributed by atoms with Crippen LogP contribution in [0.15, 0.2) is 32.9 Å². The van der Waals surface area contributed by atoms with Gasteiger partial charge in [-0.1, -0.05) is 40.8 Å². The quantitative estimate of drug-likeness (QED) is 0.664. The van der Waals surface area contributed by atoms with Crippen LogP contribution in [-0.4, -0.2) is 16.0 Å². The van der Waals surface area contributed by atoms with E-state index >= 15 is 0 Å². The van der Waals surface area contributed by atoms with E-state index in [0.717, 1.165) is 9.24 Å². The Hall–Kier alpha value is -1.11. The first-order valence-corrected chi connectivity index (χ1v) is 6.33. The van der Waals surface area contributed by atoms with Crippen LogP contribution >= 0.6 is 34.7 Å². The van der Waals surface area contributed by atoms with Crippen molar-refractivity contribution in [2.45, 2.75) is 9.24 Å². The number of hydrogen-bond donors (Lipinski definition) is 2. The lowest BCUT2D eigenvalue weighted by Crippen LogP contribution is -2.12. The summed E-state index contributed by atoms with van der Waals surface area (Å²) in [5.41, 5.74) is 7.70. The summed E-state index contributed by atoms with van der Waals surface area (Å²) in [7, 11) is 0. The van der Waals surface area contributed by atoms with E-state index in [9.17, 15) is 0 Å². The highest BCUT2D eigenvalue weighted by molar-refractivity contribution is 8.01. The largest absolute Gasteiger partial charge is 0.384 e. The number of rotatable bonds is 3. The number of aromatic nitrogens is 2. The van der Waals surface area contributed by atoms with Gasteiger partial charge in [0, 0.05) is 10.5 Å². The van der Waals surface area contributed by atoms with Gasteiger partial charge in [0.1, 0.15) is 11.3 Å². The van der Waals surface area contributed by atoms with Crippen molar-refractivity contribution in [1.82, 2.24) is 10.2 Å². The molecule has 1 heterocycles. The Morgan fingerprint density at radius 2 is 2.31 bits per heavy atom. The topological polar surface area (TPSA) is 75.7 Å². The average Bonchev–Trinajstić information content (AvgIpc) is 2.70. The number of nitrogen functional groups attached to an aromatic ring is 1. The zero-order valence-corrected chi connectivity index (χ0v) is 10.4. The summed E-state index contributed by atoms with van der Waals surface area (Å²) in [6.07, 6.45) is 0. The molecule has 0 unspecified atom stereocenters. The molecule has 0 bridgehead atoms. The summed E-state index contributed by atoms with van der Waals surface area (Å²) in [6, 6.07) is 5.38. The molecule has 0 spiro atoms. The van der Waals surface area contributed by atoms with Crippen molar-refractivity contribution in [2.75, 3.05) is 0 Å². The molecule has 1 aromatic heterocycles. The summed E-state index contributed by atoms with van der Waals surface area (Å²) < 4.78 is 0.796. The molecule has 16 heavy (non-hydrogen) atoms. The molecule has 2 aromatic rings. The molecule has 4 nitrogen and oxygen atoms in total. The molecule has 0 saturated heterocycles. The maximum atomic E-state index is 7.49. The van der Waals surface area contributed by atoms with Gasteiger partial charge in [0.15, 0.2) is 4.34 Å². The number of hydrogen-bond acceptors (Lipinski definition) is 5. The lowest BCUT2D eigenvalue weighted by molar-refractivity contribution is 1.01. The van der Waals surface area contributed by atoms with Crippen LogP contribution in [0.4, 0.5) is 0 Å². The van der Waals surface area contributed by atoms with Crippen molar-refractivity contribution in [2.24, 2.45) is 5.73 Å². The second-order valence-corrected chi connectivity index (χ2v) is 5.36. The molecule has 0 atom stereocenters. The molecule has 0 saturated carbocycles. The van der Waals surface area contributed by atoms with Gasteiger partial charge in [0.05, 0.1) is 5.02 Å². The van der Waals surface area contributed by atoms with Gasteiger partial charge < -0.3 is 5.73 Å². The molecule has 82 valence electrons. The van der Waals surface area contributed by atoms with Gasteiger partial charge in [-0.2, -0.15) is 0 Å². The summed E-state index contributed by atoms with van der Waals surface area (Å²) in [4.78, 5) is 0.816. The van der Waals surface area contributed by atoms with E-state index in [1.54, 1.807) is 11.6 Å². The van der Waals surface area contributed by atoms with Gasteiger partial charge in [-0.15, -0.1) is 10.2 Å². The van der Waals surface area contributed by atoms with Gasteiger partial charge >= 0.3 is 0 Å². The minimum atomic E-state index is -0.0439. The molecule has 0 aliphatic carbocycles. The Labute approximate surface area is 105 Å². The number of halogens is 1. The zero-order chi connectivity index (χ0) is 11.5. The molecule has 3 N–H and O–H groups in total. The maximum absolute atomic E-state index is 7.49. The zero-order valence-electron chi connectivity index (χ0n) is 7.98. The number of amidine groups is 1. The van der Waals surface area contributed by atoms with Gasteiger partial charge in [0.25, 0.3) is 0 Å². The van der Waals surface area contributed by atoms with Gasteiger partial charge in [0.2, 0.25) is 0 Å². The van der Waals surface area contributed by atoms with Gasteiger partial charge in [-0.05, 0) is 12.1 Å². The third kappa shape index (κ3) is 2.34. The number of nitrogens with one attached hydrogen (secondary N) is 1. The Bertz CT molecular complexity index is 512. The van der Waals surface area contributed by atoms with Gasteiger partial charge in [-0.3, -0.25) is 5.41 Å². The van der Waals surface area contributed by atoms with Crippen LogP contribution in [0.5, 0.6) is 0 Å². The lowest BCUT2D eigenvalue weighted by atomic mass is 10.2. The molecule has 0 fully saturated rings. The summed E-state index contributed by atoms with van der Waals surface area (Å²) in [6.45, 7) is 0. The second-order valence-electron chi connectivity index (χ2n) is 2.83. The van der Waals surface area contributed by atoms with Crippen molar-refractivity contribution in [3.63, 3.8) is 0 Å². The van der Waals surface area contributed by atoms with Crippen LogP contribution in [-0.2, 0) is 0 Å². The molecule has 0 aliphatic rings. The van der Waals surface area contributed by atoms with Crippen LogP contribution in [0, 0.1) is 5.41 Å².